The predicted molar refractivity (Wildman–Crippen MR) is 88.0 cm³/mol. The van der Waals surface area contributed by atoms with Crippen LogP contribution in [0.3, 0.4) is 0 Å². The average molecular weight is 356 g/mol. The summed E-state index contributed by atoms with van der Waals surface area (Å²) < 4.78 is 11.0. The minimum absolute atomic E-state index is 0.0315. The quantitative estimate of drug-likeness (QED) is 0.508. The molecule has 0 bridgehead atoms. The second-order valence-electron chi connectivity index (χ2n) is 7.05. The van der Waals surface area contributed by atoms with Gasteiger partial charge in [-0.15, -0.1) is 0 Å². The fourth-order valence-electron chi connectivity index (χ4n) is 3.78. The third-order valence-electron chi connectivity index (χ3n) is 5.26. The first-order valence-electron chi connectivity index (χ1n) is 9.23. The molecule has 3 atom stereocenters. The molecule has 0 saturated heterocycles. The van der Waals surface area contributed by atoms with E-state index in [9.17, 15) is 19.5 Å². The lowest BCUT2D eigenvalue weighted by molar-refractivity contribution is -0.161. The van der Waals surface area contributed by atoms with Crippen molar-refractivity contribution in [3.8, 4) is 0 Å². The number of carboxylic acid groups (broad SMARTS) is 2. The second kappa shape index (κ2) is 9.75. The van der Waals surface area contributed by atoms with Gasteiger partial charge in [0.1, 0.15) is 0 Å². The first-order valence-corrected chi connectivity index (χ1v) is 9.23. The molecule has 0 aromatic heterocycles. The maximum atomic E-state index is 12.1. The van der Waals surface area contributed by atoms with Crippen LogP contribution in [0.5, 0.6) is 0 Å². The molecule has 142 valence electrons. The number of esters is 1. The van der Waals surface area contributed by atoms with Crippen LogP contribution in [0.4, 0.5) is 0 Å². The van der Waals surface area contributed by atoms with Crippen LogP contribution in [0.25, 0.3) is 0 Å². The Morgan fingerprint density at radius 1 is 0.840 bits per heavy atom. The van der Waals surface area contributed by atoms with Crippen LogP contribution in [0.1, 0.15) is 57.8 Å². The topological polar surface area (TPSA) is 110 Å². The van der Waals surface area contributed by atoms with Crippen LogP contribution in [0.15, 0.2) is 0 Å². The molecule has 0 aromatic carbocycles. The highest BCUT2D eigenvalue weighted by atomic mass is 16.5. The van der Waals surface area contributed by atoms with Crippen LogP contribution in [0.2, 0.25) is 0 Å². The molecule has 25 heavy (non-hydrogen) atoms. The molecule has 2 saturated carbocycles. The monoisotopic (exact) mass is 356 g/mol. The first-order chi connectivity index (χ1) is 12.0. The van der Waals surface area contributed by atoms with Gasteiger partial charge in [0.15, 0.2) is 0 Å². The number of carbonyl (C=O) groups excluding carboxylic acids is 1. The summed E-state index contributed by atoms with van der Waals surface area (Å²) in [7, 11) is 0. The summed E-state index contributed by atoms with van der Waals surface area (Å²) in [5.74, 6) is -5.18. The highest BCUT2D eigenvalue weighted by molar-refractivity contribution is 5.82. The van der Waals surface area contributed by atoms with Gasteiger partial charge in [-0.3, -0.25) is 14.4 Å². The molecule has 0 aromatic rings. The molecule has 2 fully saturated rings. The summed E-state index contributed by atoms with van der Waals surface area (Å²) >= 11 is 0. The van der Waals surface area contributed by atoms with Crippen molar-refractivity contribution < 1.29 is 34.1 Å². The van der Waals surface area contributed by atoms with E-state index in [0.29, 0.717) is 25.6 Å². The molecule has 2 aliphatic carbocycles. The summed E-state index contributed by atoms with van der Waals surface area (Å²) in [6, 6.07) is 0. The fourth-order valence-corrected chi connectivity index (χ4v) is 3.78. The molecular formula is C18H28O7. The van der Waals surface area contributed by atoms with Gasteiger partial charge >= 0.3 is 17.9 Å². The lowest BCUT2D eigenvalue weighted by Gasteiger charge is -2.30. The van der Waals surface area contributed by atoms with E-state index in [1.54, 1.807) is 0 Å². The van der Waals surface area contributed by atoms with Crippen LogP contribution >= 0.6 is 0 Å². The normalized spacial score (nSPS) is 27.6. The number of rotatable bonds is 8. The highest BCUT2D eigenvalue weighted by Crippen LogP contribution is 2.35. The Hall–Kier alpha value is -1.63. The SMILES string of the molecule is O=C(OCCCOC1CCCCC1)C1CCC(C(=O)O)C(C(=O)O)C1. The van der Waals surface area contributed by atoms with Crippen molar-refractivity contribution in [1.29, 1.82) is 0 Å². The van der Waals surface area contributed by atoms with Gasteiger partial charge in [0.2, 0.25) is 0 Å². The van der Waals surface area contributed by atoms with Gasteiger partial charge in [-0.25, -0.2) is 0 Å². The summed E-state index contributed by atoms with van der Waals surface area (Å²) in [5, 5.41) is 18.3. The van der Waals surface area contributed by atoms with Gasteiger partial charge in [-0.1, -0.05) is 19.3 Å². The van der Waals surface area contributed by atoms with E-state index in [0.717, 1.165) is 12.8 Å². The van der Waals surface area contributed by atoms with E-state index < -0.39 is 35.7 Å². The summed E-state index contributed by atoms with van der Waals surface area (Å²) in [4.78, 5) is 34.5. The zero-order valence-corrected chi connectivity index (χ0v) is 14.5. The lowest BCUT2D eigenvalue weighted by atomic mass is 9.74. The van der Waals surface area contributed by atoms with Gasteiger partial charge in [0, 0.05) is 6.42 Å². The average Bonchev–Trinajstić information content (AvgIpc) is 2.61. The molecule has 7 heteroatoms. The molecule has 2 aliphatic rings. The van der Waals surface area contributed by atoms with E-state index >= 15 is 0 Å². The van der Waals surface area contributed by atoms with Crippen molar-refractivity contribution in [3.05, 3.63) is 0 Å². The minimum Gasteiger partial charge on any atom is -0.481 e. The number of hydrogen-bond acceptors (Lipinski definition) is 5. The number of hydrogen-bond donors (Lipinski definition) is 2. The Balaban J connectivity index is 1.66. The lowest BCUT2D eigenvalue weighted by Crippen LogP contribution is -2.38. The molecule has 0 spiro atoms. The minimum atomic E-state index is -1.16. The van der Waals surface area contributed by atoms with E-state index in [1.807, 2.05) is 0 Å². The third kappa shape index (κ3) is 5.99. The smallest absolute Gasteiger partial charge is 0.308 e. The van der Waals surface area contributed by atoms with Crippen LogP contribution in [-0.4, -0.2) is 47.4 Å². The molecular weight excluding hydrogens is 328 g/mol. The predicted octanol–water partition coefficient (Wildman–Crippen LogP) is 2.47. The zero-order valence-electron chi connectivity index (χ0n) is 14.5. The molecule has 2 rings (SSSR count). The number of carboxylic acids is 2. The Kier molecular flexibility index (Phi) is 7.68. The third-order valence-corrected chi connectivity index (χ3v) is 5.26. The second-order valence-corrected chi connectivity index (χ2v) is 7.05. The van der Waals surface area contributed by atoms with Crippen molar-refractivity contribution in [2.45, 2.75) is 63.9 Å². The van der Waals surface area contributed by atoms with Crippen LogP contribution in [0, 0.1) is 17.8 Å². The van der Waals surface area contributed by atoms with E-state index in [2.05, 4.69) is 0 Å². The molecule has 0 radical (unpaired) electrons. The zero-order chi connectivity index (χ0) is 18.2. The highest BCUT2D eigenvalue weighted by Gasteiger charge is 2.42. The number of carbonyl (C=O) groups is 3. The standard InChI is InChI=1S/C18H28O7/c19-16(20)14-8-7-12(11-15(14)17(21)22)18(23)25-10-4-9-24-13-5-2-1-3-6-13/h12-15H,1-11H2,(H,19,20)(H,21,22). The van der Waals surface area contributed by atoms with Crippen molar-refractivity contribution in [2.24, 2.45) is 17.8 Å². The fraction of sp³-hybridized carbons (Fsp3) is 0.833. The maximum Gasteiger partial charge on any atom is 0.308 e. The molecule has 0 aliphatic heterocycles. The summed E-state index contributed by atoms with van der Waals surface area (Å²) in [5.41, 5.74) is 0. The van der Waals surface area contributed by atoms with Gasteiger partial charge in [-0.2, -0.15) is 0 Å². The van der Waals surface area contributed by atoms with Crippen LogP contribution in [-0.2, 0) is 23.9 Å². The van der Waals surface area contributed by atoms with Crippen molar-refractivity contribution in [1.82, 2.24) is 0 Å². The first kappa shape index (κ1) is 19.7. The van der Waals surface area contributed by atoms with Crippen molar-refractivity contribution >= 4 is 17.9 Å². The van der Waals surface area contributed by atoms with E-state index in [1.165, 1.54) is 19.3 Å². The molecule has 2 N–H and O–H groups in total. The number of aliphatic carboxylic acids is 2. The maximum absolute atomic E-state index is 12.1. The van der Waals surface area contributed by atoms with E-state index in [-0.39, 0.29) is 19.4 Å². The molecule has 0 heterocycles. The Bertz CT molecular complexity index is 470. The number of ether oxygens (including phenoxy) is 2. The Morgan fingerprint density at radius 3 is 2.16 bits per heavy atom. The Morgan fingerprint density at radius 2 is 1.52 bits per heavy atom. The van der Waals surface area contributed by atoms with Crippen LogP contribution < -0.4 is 0 Å². The van der Waals surface area contributed by atoms with Crippen molar-refractivity contribution in [3.63, 3.8) is 0 Å². The summed E-state index contributed by atoms with van der Waals surface area (Å²) in [6.45, 7) is 0.809. The van der Waals surface area contributed by atoms with Gasteiger partial charge in [0.05, 0.1) is 37.1 Å². The van der Waals surface area contributed by atoms with Gasteiger partial charge in [-0.05, 0) is 32.1 Å². The largest absolute Gasteiger partial charge is 0.481 e. The Labute approximate surface area is 147 Å². The molecule has 0 amide bonds. The van der Waals surface area contributed by atoms with Gasteiger partial charge < -0.3 is 19.7 Å². The molecule has 3 unspecified atom stereocenters. The van der Waals surface area contributed by atoms with Crippen molar-refractivity contribution in [2.75, 3.05) is 13.2 Å². The van der Waals surface area contributed by atoms with E-state index in [4.69, 9.17) is 14.6 Å². The summed E-state index contributed by atoms with van der Waals surface area (Å²) in [6.07, 6.45) is 7.43. The molecule has 7 nitrogen and oxygen atoms in total. The van der Waals surface area contributed by atoms with Gasteiger partial charge in [0.25, 0.3) is 0 Å².